The lowest BCUT2D eigenvalue weighted by Crippen LogP contribution is -2.28. The van der Waals surface area contributed by atoms with Crippen LogP contribution >= 0.6 is 24.8 Å². The second-order valence-corrected chi connectivity index (χ2v) is 6.02. The van der Waals surface area contributed by atoms with E-state index in [2.05, 4.69) is 10.6 Å². The van der Waals surface area contributed by atoms with Gasteiger partial charge in [-0.2, -0.15) is 0 Å². The minimum Gasteiger partial charge on any atom is -0.366 e. The molecule has 1 heterocycles. The summed E-state index contributed by atoms with van der Waals surface area (Å²) < 4.78 is 0. The van der Waals surface area contributed by atoms with Crippen LogP contribution in [0.1, 0.15) is 35.2 Å². The highest BCUT2D eigenvalue weighted by molar-refractivity contribution is 5.97. The zero-order valence-corrected chi connectivity index (χ0v) is 15.6. The van der Waals surface area contributed by atoms with Crippen LogP contribution in [0.3, 0.4) is 0 Å². The fraction of sp³-hybridized carbons (Fsp3) is 0.500. The van der Waals surface area contributed by atoms with Gasteiger partial charge in [0.1, 0.15) is 0 Å². The quantitative estimate of drug-likeness (QED) is 0.705. The van der Waals surface area contributed by atoms with Gasteiger partial charge in [0.05, 0.1) is 0 Å². The van der Waals surface area contributed by atoms with Crippen molar-refractivity contribution in [1.29, 1.82) is 0 Å². The Morgan fingerprint density at radius 3 is 2.58 bits per heavy atom. The van der Waals surface area contributed by atoms with Crippen molar-refractivity contribution in [3.63, 3.8) is 0 Å². The van der Waals surface area contributed by atoms with Crippen molar-refractivity contribution in [3.8, 4) is 0 Å². The monoisotopic (exact) mass is 376 g/mol. The molecule has 1 aromatic carbocycles. The SMILES string of the molecule is CN(C)Cc1ccc(C(N)=O)cc1NC(=O)CC1CCCN1.Cl.Cl. The van der Waals surface area contributed by atoms with Gasteiger partial charge in [-0.05, 0) is 51.2 Å². The number of nitrogens with two attached hydrogens (primary N) is 1. The molecular formula is C16H26Cl2N4O2. The Labute approximate surface area is 155 Å². The van der Waals surface area contributed by atoms with E-state index in [4.69, 9.17) is 5.73 Å². The first kappa shape index (κ1) is 22.7. The third kappa shape index (κ3) is 6.65. The number of carbonyl (C=O) groups is 2. The maximum atomic E-state index is 12.2. The first-order chi connectivity index (χ1) is 10.5. The minimum atomic E-state index is -0.496. The molecule has 24 heavy (non-hydrogen) atoms. The fourth-order valence-electron chi connectivity index (χ4n) is 2.68. The number of hydrogen-bond donors (Lipinski definition) is 3. The summed E-state index contributed by atoms with van der Waals surface area (Å²) in [6, 6.07) is 5.43. The molecule has 0 radical (unpaired) electrons. The summed E-state index contributed by atoms with van der Waals surface area (Å²) in [6.45, 7) is 1.65. The lowest BCUT2D eigenvalue weighted by molar-refractivity contribution is -0.116. The lowest BCUT2D eigenvalue weighted by atomic mass is 10.1. The molecule has 0 saturated carbocycles. The van der Waals surface area contributed by atoms with Gasteiger partial charge in [-0.1, -0.05) is 6.07 Å². The molecule has 1 saturated heterocycles. The van der Waals surface area contributed by atoms with Crippen LogP contribution in [-0.4, -0.2) is 43.4 Å². The van der Waals surface area contributed by atoms with Gasteiger partial charge >= 0.3 is 0 Å². The van der Waals surface area contributed by atoms with E-state index in [1.54, 1.807) is 12.1 Å². The second kappa shape index (κ2) is 10.5. The van der Waals surface area contributed by atoms with E-state index < -0.39 is 5.91 Å². The summed E-state index contributed by atoms with van der Waals surface area (Å²) in [5.74, 6) is -0.537. The molecule has 0 spiro atoms. The Morgan fingerprint density at radius 1 is 1.33 bits per heavy atom. The van der Waals surface area contributed by atoms with Crippen molar-refractivity contribution in [2.75, 3.05) is 26.0 Å². The number of carbonyl (C=O) groups excluding carboxylic acids is 2. The van der Waals surface area contributed by atoms with Crippen molar-refractivity contribution >= 4 is 42.3 Å². The van der Waals surface area contributed by atoms with Crippen molar-refractivity contribution < 1.29 is 9.59 Å². The molecule has 1 aliphatic heterocycles. The van der Waals surface area contributed by atoms with Crippen LogP contribution in [0.25, 0.3) is 0 Å². The van der Waals surface area contributed by atoms with Crippen molar-refractivity contribution in [2.45, 2.75) is 31.8 Å². The van der Waals surface area contributed by atoms with Crippen LogP contribution in [0, 0.1) is 0 Å². The van der Waals surface area contributed by atoms with Gasteiger partial charge in [0.15, 0.2) is 0 Å². The van der Waals surface area contributed by atoms with Gasteiger partial charge in [-0.3, -0.25) is 9.59 Å². The summed E-state index contributed by atoms with van der Waals surface area (Å²) in [5, 5.41) is 6.23. The van der Waals surface area contributed by atoms with Crippen molar-refractivity contribution in [1.82, 2.24) is 10.2 Å². The van der Waals surface area contributed by atoms with Crippen LogP contribution in [-0.2, 0) is 11.3 Å². The van der Waals surface area contributed by atoms with E-state index in [9.17, 15) is 9.59 Å². The maximum Gasteiger partial charge on any atom is 0.248 e. The third-order valence-electron chi connectivity index (χ3n) is 3.75. The standard InChI is InChI=1S/C16H24N4O2.2ClH/c1-20(2)10-12-6-5-11(16(17)22)8-14(12)19-15(21)9-13-4-3-7-18-13;;/h5-6,8,13,18H,3-4,7,9-10H2,1-2H3,(H2,17,22)(H,19,21);2*1H. The fourth-order valence-corrected chi connectivity index (χ4v) is 2.68. The van der Waals surface area contributed by atoms with E-state index in [1.165, 1.54) is 0 Å². The number of halogens is 2. The molecule has 0 aliphatic carbocycles. The van der Waals surface area contributed by atoms with Crippen LogP contribution in [0.4, 0.5) is 5.69 Å². The molecule has 1 fully saturated rings. The first-order valence-electron chi connectivity index (χ1n) is 7.56. The number of hydrogen-bond acceptors (Lipinski definition) is 4. The Morgan fingerprint density at radius 2 is 2.04 bits per heavy atom. The topological polar surface area (TPSA) is 87.5 Å². The van der Waals surface area contributed by atoms with Gasteiger partial charge in [-0.15, -0.1) is 24.8 Å². The number of rotatable bonds is 6. The number of nitrogens with zero attached hydrogens (tertiary/aromatic N) is 1. The predicted octanol–water partition coefficient (Wildman–Crippen LogP) is 1.77. The highest BCUT2D eigenvalue weighted by Crippen LogP contribution is 2.20. The Kier molecular flexibility index (Phi) is 9.92. The van der Waals surface area contributed by atoms with Crippen LogP contribution in [0.15, 0.2) is 18.2 Å². The number of primary amides is 1. The normalized spacial score (nSPS) is 16.2. The maximum absolute atomic E-state index is 12.2. The third-order valence-corrected chi connectivity index (χ3v) is 3.75. The minimum absolute atomic E-state index is 0. The Balaban J connectivity index is 0.00000264. The van der Waals surface area contributed by atoms with Gasteiger partial charge in [0, 0.05) is 30.3 Å². The molecule has 1 aliphatic rings. The molecule has 4 N–H and O–H groups in total. The molecule has 1 aromatic rings. The first-order valence-corrected chi connectivity index (χ1v) is 7.56. The number of benzene rings is 1. The second-order valence-electron chi connectivity index (χ2n) is 6.02. The summed E-state index contributed by atoms with van der Waals surface area (Å²) in [4.78, 5) is 25.6. The van der Waals surface area contributed by atoms with E-state index in [1.807, 2.05) is 25.1 Å². The Hall–Kier alpha value is -1.34. The number of anilines is 1. The highest BCUT2D eigenvalue weighted by Gasteiger charge is 2.18. The zero-order valence-electron chi connectivity index (χ0n) is 14.0. The molecule has 2 amide bonds. The van der Waals surface area contributed by atoms with Crippen LogP contribution in [0.2, 0.25) is 0 Å². The lowest BCUT2D eigenvalue weighted by Gasteiger charge is -2.17. The molecule has 2 rings (SSSR count). The highest BCUT2D eigenvalue weighted by atomic mass is 35.5. The number of nitrogens with one attached hydrogen (secondary N) is 2. The van der Waals surface area contributed by atoms with Gasteiger partial charge in [0.25, 0.3) is 0 Å². The molecule has 1 unspecified atom stereocenters. The van der Waals surface area contributed by atoms with Gasteiger partial charge in [-0.25, -0.2) is 0 Å². The summed E-state index contributed by atoms with van der Waals surface area (Å²) >= 11 is 0. The summed E-state index contributed by atoms with van der Waals surface area (Å²) in [6.07, 6.45) is 2.59. The van der Waals surface area contributed by atoms with Gasteiger partial charge < -0.3 is 21.3 Å². The Bertz CT molecular complexity index is 561. The molecule has 1 atom stereocenters. The average Bonchev–Trinajstić information content (AvgIpc) is 2.92. The van der Waals surface area contributed by atoms with E-state index in [0.29, 0.717) is 24.2 Å². The van der Waals surface area contributed by atoms with Crippen LogP contribution in [0.5, 0.6) is 0 Å². The predicted molar refractivity (Wildman–Crippen MR) is 101 cm³/mol. The van der Waals surface area contributed by atoms with Crippen molar-refractivity contribution in [3.05, 3.63) is 29.3 Å². The van der Waals surface area contributed by atoms with Crippen LogP contribution < -0.4 is 16.4 Å². The molecule has 6 nitrogen and oxygen atoms in total. The molecule has 8 heteroatoms. The summed E-state index contributed by atoms with van der Waals surface area (Å²) in [7, 11) is 3.91. The van der Waals surface area contributed by atoms with Gasteiger partial charge in [0.2, 0.25) is 11.8 Å². The summed E-state index contributed by atoms with van der Waals surface area (Å²) in [5.41, 5.74) is 7.35. The number of amides is 2. The molecular weight excluding hydrogens is 351 g/mol. The average molecular weight is 377 g/mol. The zero-order chi connectivity index (χ0) is 16.1. The van der Waals surface area contributed by atoms with E-state index in [-0.39, 0.29) is 36.8 Å². The van der Waals surface area contributed by atoms with E-state index in [0.717, 1.165) is 24.9 Å². The molecule has 0 bridgehead atoms. The molecule has 0 aromatic heterocycles. The molecule has 136 valence electrons. The van der Waals surface area contributed by atoms with Crippen molar-refractivity contribution in [2.24, 2.45) is 5.73 Å². The van der Waals surface area contributed by atoms with E-state index >= 15 is 0 Å². The largest absolute Gasteiger partial charge is 0.366 e. The smallest absolute Gasteiger partial charge is 0.248 e.